The molecule has 1 heterocycles. The molecule has 22 heavy (non-hydrogen) atoms. The van der Waals surface area contributed by atoms with Gasteiger partial charge in [-0.25, -0.2) is 4.39 Å². The van der Waals surface area contributed by atoms with Crippen LogP contribution in [0.25, 0.3) is 0 Å². The largest absolute Gasteiger partial charge is 0.333 e. The second-order valence-corrected chi connectivity index (χ2v) is 4.49. The highest BCUT2D eigenvalue weighted by atomic mass is 19.1. The number of hydrogen-bond acceptors (Lipinski definition) is 2. The van der Waals surface area contributed by atoms with Crippen LogP contribution in [0.4, 0.5) is 4.39 Å². The second-order valence-electron chi connectivity index (χ2n) is 4.49. The molecular weight excluding hydrogens is 275 g/mol. The topological polar surface area (TPSA) is 38.9 Å². The summed E-state index contributed by atoms with van der Waals surface area (Å²) in [6, 6.07) is 9.36. The Morgan fingerprint density at radius 2 is 1.64 bits per heavy atom. The lowest BCUT2D eigenvalue weighted by Crippen LogP contribution is -2.01. The normalized spacial score (nSPS) is 9.23. The summed E-state index contributed by atoms with van der Waals surface area (Å²) in [6.45, 7) is 7.97. The van der Waals surface area contributed by atoms with E-state index in [1.165, 1.54) is 18.7 Å². The Labute approximate surface area is 134 Å². The Bertz CT molecular complexity index is 539. The molecular formula is C19H29FN2. The van der Waals surface area contributed by atoms with Crippen LogP contribution < -0.4 is 5.73 Å². The molecule has 0 bridgehead atoms. The molecule has 1 aromatic heterocycles. The third kappa shape index (κ3) is 5.94. The minimum atomic E-state index is -0.121. The summed E-state index contributed by atoms with van der Waals surface area (Å²) in [4.78, 5) is 4.42. The molecule has 0 amide bonds. The Kier molecular flexibility index (Phi) is 10.9. The van der Waals surface area contributed by atoms with Gasteiger partial charge >= 0.3 is 0 Å². The smallest absolute Gasteiger partial charge is 0.126 e. The first kappa shape index (κ1) is 20.3. The fourth-order valence-corrected chi connectivity index (χ4v) is 2.19. The van der Waals surface area contributed by atoms with E-state index in [0.717, 1.165) is 36.1 Å². The zero-order valence-corrected chi connectivity index (χ0v) is 14.5. The Morgan fingerprint density at radius 3 is 2.27 bits per heavy atom. The zero-order valence-electron chi connectivity index (χ0n) is 14.5. The van der Waals surface area contributed by atoms with E-state index in [1.807, 2.05) is 39.1 Å². The van der Waals surface area contributed by atoms with Crippen LogP contribution in [0.1, 0.15) is 43.2 Å². The third-order valence-electron chi connectivity index (χ3n) is 3.38. The van der Waals surface area contributed by atoms with E-state index in [2.05, 4.69) is 23.7 Å². The van der Waals surface area contributed by atoms with Gasteiger partial charge in [0.1, 0.15) is 5.82 Å². The first-order valence-electron chi connectivity index (χ1n) is 7.97. The summed E-state index contributed by atoms with van der Waals surface area (Å²) in [7, 11) is 1.50. The van der Waals surface area contributed by atoms with E-state index in [9.17, 15) is 4.39 Å². The molecule has 2 N–H and O–H groups in total. The molecule has 2 rings (SSSR count). The molecule has 0 saturated carbocycles. The predicted octanol–water partition coefficient (Wildman–Crippen LogP) is 4.48. The lowest BCUT2D eigenvalue weighted by atomic mass is 10.00. The number of halogens is 1. The van der Waals surface area contributed by atoms with Crippen molar-refractivity contribution in [2.75, 3.05) is 7.05 Å². The number of aryl methyl sites for hydroxylation is 3. The highest BCUT2D eigenvalue weighted by Crippen LogP contribution is 2.16. The molecule has 0 aliphatic rings. The highest BCUT2D eigenvalue weighted by Gasteiger charge is 2.06. The molecule has 2 nitrogen and oxygen atoms in total. The Morgan fingerprint density at radius 1 is 1.00 bits per heavy atom. The Hall–Kier alpha value is -1.74. The van der Waals surface area contributed by atoms with Crippen molar-refractivity contribution in [3.05, 3.63) is 64.7 Å². The van der Waals surface area contributed by atoms with E-state index in [-0.39, 0.29) is 5.82 Å². The van der Waals surface area contributed by atoms with Crippen molar-refractivity contribution >= 4 is 0 Å². The van der Waals surface area contributed by atoms with Gasteiger partial charge in [-0.15, -0.1) is 0 Å². The zero-order chi connectivity index (χ0) is 17.0. The summed E-state index contributed by atoms with van der Waals surface area (Å²) < 4.78 is 13.4. The molecule has 122 valence electrons. The van der Waals surface area contributed by atoms with Gasteiger partial charge in [-0.05, 0) is 62.1 Å². The fourth-order valence-electron chi connectivity index (χ4n) is 2.19. The van der Waals surface area contributed by atoms with E-state index in [0.29, 0.717) is 0 Å². The number of benzene rings is 1. The van der Waals surface area contributed by atoms with E-state index in [1.54, 1.807) is 6.07 Å². The van der Waals surface area contributed by atoms with Crippen LogP contribution in [0.15, 0.2) is 36.5 Å². The monoisotopic (exact) mass is 304 g/mol. The maximum absolute atomic E-state index is 13.4. The molecule has 1 aromatic carbocycles. The van der Waals surface area contributed by atoms with Gasteiger partial charge in [0, 0.05) is 11.9 Å². The van der Waals surface area contributed by atoms with Crippen molar-refractivity contribution < 1.29 is 4.39 Å². The summed E-state index contributed by atoms with van der Waals surface area (Å²) in [5.41, 5.74) is 8.74. The van der Waals surface area contributed by atoms with Crippen molar-refractivity contribution in [3.63, 3.8) is 0 Å². The summed E-state index contributed by atoms with van der Waals surface area (Å²) in [6.07, 6.45) is 4.53. The molecule has 0 atom stereocenters. The van der Waals surface area contributed by atoms with Gasteiger partial charge in [0.15, 0.2) is 0 Å². The molecule has 0 aliphatic heterocycles. The van der Waals surface area contributed by atoms with E-state index >= 15 is 0 Å². The number of hydrogen-bond donors (Lipinski definition) is 1. The van der Waals surface area contributed by atoms with Crippen LogP contribution in [0.2, 0.25) is 0 Å². The van der Waals surface area contributed by atoms with Crippen LogP contribution in [0.3, 0.4) is 0 Å². The van der Waals surface area contributed by atoms with Gasteiger partial charge in [-0.2, -0.15) is 0 Å². The molecule has 0 spiro atoms. The minimum Gasteiger partial charge on any atom is -0.333 e. The number of nitrogens with two attached hydrogens (primary N) is 1. The van der Waals surface area contributed by atoms with Crippen LogP contribution in [0.5, 0.6) is 0 Å². The molecule has 0 aliphatic carbocycles. The molecule has 2 aromatic rings. The highest BCUT2D eigenvalue weighted by molar-refractivity contribution is 5.29. The molecule has 0 saturated heterocycles. The second kappa shape index (κ2) is 11.9. The van der Waals surface area contributed by atoms with Crippen LogP contribution in [0, 0.1) is 12.7 Å². The summed E-state index contributed by atoms with van der Waals surface area (Å²) in [5, 5.41) is 0. The van der Waals surface area contributed by atoms with Gasteiger partial charge in [-0.3, -0.25) is 4.98 Å². The van der Waals surface area contributed by atoms with Crippen molar-refractivity contribution in [1.29, 1.82) is 0 Å². The molecule has 0 unspecified atom stereocenters. The van der Waals surface area contributed by atoms with Gasteiger partial charge < -0.3 is 5.73 Å². The lowest BCUT2D eigenvalue weighted by Gasteiger charge is -2.08. The van der Waals surface area contributed by atoms with Crippen LogP contribution in [-0.4, -0.2) is 12.0 Å². The fraction of sp³-hybridized carbons (Fsp3) is 0.421. The number of pyridine rings is 1. The average Bonchev–Trinajstić information content (AvgIpc) is 2.60. The summed E-state index contributed by atoms with van der Waals surface area (Å²) in [5.74, 6) is -0.121. The third-order valence-corrected chi connectivity index (χ3v) is 3.38. The lowest BCUT2D eigenvalue weighted by molar-refractivity contribution is 0.615. The minimum absolute atomic E-state index is 0.121. The quantitative estimate of drug-likeness (QED) is 0.904. The SMILES string of the molecule is CC.CCc1cccnc1CCc1cccc(F)c1C.CN. The average molecular weight is 304 g/mol. The number of nitrogens with zero attached hydrogens (tertiary/aromatic N) is 1. The summed E-state index contributed by atoms with van der Waals surface area (Å²) >= 11 is 0. The van der Waals surface area contributed by atoms with Gasteiger partial charge in [-0.1, -0.05) is 39.0 Å². The standard InChI is InChI=1S/C16H18FN.C2H6.CH5N/c1-3-13-7-5-11-18-16(13)10-9-14-6-4-8-15(17)12(14)2;2*1-2/h4-8,11H,3,9-10H2,1-2H3;1-2H3;2H2,1H3. The molecule has 3 heteroatoms. The molecule has 0 fully saturated rings. The van der Waals surface area contributed by atoms with E-state index < -0.39 is 0 Å². The van der Waals surface area contributed by atoms with E-state index in [4.69, 9.17) is 0 Å². The first-order valence-corrected chi connectivity index (χ1v) is 7.97. The maximum atomic E-state index is 13.4. The van der Waals surface area contributed by atoms with Crippen molar-refractivity contribution in [2.24, 2.45) is 5.73 Å². The van der Waals surface area contributed by atoms with Crippen LogP contribution in [-0.2, 0) is 19.3 Å². The van der Waals surface area contributed by atoms with Gasteiger partial charge in [0.25, 0.3) is 0 Å². The van der Waals surface area contributed by atoms with Crippen molar-refractivity contribution in [2.45, 2.75) is 47.0 Å². The number of rotatable bonds is 4. The van der Waals surface area contributed by atoms with Crippen molar-refractivity contribution in [1.82, 2.24) is 4.98 Å². The predicted molar refractivity (Wildman–Crippen MR) is 93.6 cm³/mol. The van der Waals surface area contributed by atoms with Gasteiger partial charge in [0.05, 0.1) is 0 Å². The molecule has 0 radical (unpaired) electrons. The first-order chi connectivity index (χ1) is 10.7. The van der Waals surface area contributed by atoms with Crippen LogP contribution >= 0.6 is 0 Å². The maximum Gasteiger partial charge on any atom is 0.126 e. The number of aromatic nitrogens is 1. The Balaban J connectivity index is 0.00000102. The van der Waals surface area contributed by atoms with Gasteiger partial charge in [0.2, 0.25) is 0 Å². The van der Waals surface area contributed by atoms with Crippen molar-refractivity contribution in [3.8, 4) is 0 Å².